The van der Waals surface area contributed by atoms with Gasteiger partial charge in [-0.3, -0.25) is 4.98 Å². The standard InChI is InChI=1S/C15H15F3N2O2S/c1-11(14-8-3-4-9-19-14)20(2)23(21,22)13-7-5-6-12(10-13)15(16,17)18/h3-11H,1-2H3. The Hall–Kier alpha value is -1.93. The predicted molar refractivity (Wildman–Crippen MR) is 79.0 cm³/mol. The van der Waals surface area contributed by atoms with Crippen molar-refractivity contribution in [2.75, 3.05) is 7.05 Å². The smallest absolute Gasteiger partial charge is 0.260 e. The van der Waals surface area contributed by atoms with E-state index in [2.05, 4.69) is 4.98 Å². The molecular weight excluding hydrogens is 329 g/mol. The predicted octanol–water partition coefficient (Wildman–Crippen LogP) is 3.48. The van der Waals surface area contributed by atoms with Crippen LogP contribution in [0.25, 0.3) is 0 Å². The zero-order valence-electron chi connectivity index (χ0n) is 12.4. The zero-order valence-corrected chi connectivity index (χ0v) is 13.3. The molecule has 0 bridgehead atoms. The Labute approximate surface area is 132 Å². The van der Waals surface area contributed by atoms with Gasteiger partial charge in [0.1, 0.15) is 0 Å². The summed E-state index contributed by atoms with van der Waals surface area (Å²) in [4.78, 5) is 3.67. The Morgan fingerprint density at radius 2 is 1.83 bits per heavy atom. The topological polar surface area (TPSA) is 50.3 Å². The number of sulfonamides is 1. The number of alkyl halides is 3. The Kier molecular flexibility index (Phi) is 4.76. The molecule has 0 saturated carbocycles. The Morgan fingerprint density at radius 1 is 1.13 bits per heavy atom. The first-order valence-electron chi connectivity index (χ1n) is 6.70. The van der Waals surface area contributed by atoms with E-state index >= 15 is 0 Å². The van der Waals surface area contributed by atoms with E-state index in [1.165, 1.54) is 13.2 Å². The van der Waals surface area contributed by atoms with Crippen molar-refractivity contribution in [1.82, 2.24) is 9.29 Å². The maximum atomic E-state index is 12.8. The van der Waals surface area contributed by atoms with E-state index in [0.717, 1.165) is 22.5 Å². The molecule has 0 spiro atoms. The van der Waals surface area contributed by atoms with E-state index in [1.807, 2.05) is 0 Å². The molecule has 0 aliphatic carbocycles. The lowest BCUT2D eigenvalue weighted by atomic mass is 10.2. The zero-order chi connectivity index (χ0) is 17.3. The molecule has 0 aliphatic rings. The fourth-order valence-electron chi connectivity index (χ4n) is 2.02. The van der Waals surface area contributed by atoms with Crippen LogP contribution in [0.4, 0.5) is 13.2 Å². The molecule has 1 aromatic heterocycles. The van der Waals surface area contributed by atoms with Gasteiger partial charge in [-0.05, 0) is 37.3 Å². The van der Waals surface area contributed by atoms with Gasteiger partial charge in [-0.2, -0.15) is 17.5 Å². The van der Waals surface area contributed by atoms with Crippen molar-refractivity contribution in [3.63, 3.8) is 0 Å². The highest BCUT2D eigenvalue weighted by Crippen LogP contribution is 2.32. The van der Waals surface area contributed by atoms with Crippen LogP contribution in [0.15, 0.2) is 53.6 Å². The van der Waals surface area contributed by atoms with Gasteiger partial charge in [0.2, 0.25) is 10.0 Å². The van der Waals surface area contributed by atoms with Gasteiger partial charge in [0, 0.05) is 13.2 Å². The first-order chi connectivity index (χ1) is 10.6. The lowest BCUT2D eigenvalue weighted by Crippen LogP contribution is -2.30. The van der Waals surface area contributed by atoms with Gasteiger partial charge >= 0.3 is 6.18 Å². The molecule has 124 valence electrons. The van der Waals surface area contributed by atoms with E-state index in [9.17, 15) is 21.6 Å². The molecule has 0 N–H and O–H groups in total. The molecule has 23 heavy (non-hydrogen) atoms. The van der Waals surface area contributed by atoms with Gasteiger partial charge in [-0.25, -0.2) is 8.42 Å². The third kappa shape index (κ3) is 3.70. The Bertz CT molecular complexity index is 777. The normalized spacial score (nSPS) is 14.0. The lowest BCUT2D eigenvalue weighted by Gasteiger charge is -2.24. The molecule has 0 amide bonds. The highest BCUT2D eigenvalue weighted by atomic mass is 32.2. The second-order valence-corrected chi connectivity index (χ2v) is 6.97. The van der Waals surface area contributed by atoms with E-state index in [1.54, 1.807) is 25.1 Å². The maximum absolute atomic E-state index is 12.8. The van der Waals surface area contributed by atoms with Crippen molar-refractivity contribution in [2.24, 2.45) is 0 Å². The molecule has 2 rings (SSSR count). The van der Waals surface area contributed by atoms with Crippen LogP contribution >= 0.6 is 0 Å². The third-order valence-electron chi connectivity index (χ3n) is 3.50. The van der Waals surface area contributed by atoms with Crippen molar-refractivity contribution in [1.29, 1.82) is 0 Å². The summed E-state index contributed by atoms with van der Waals surface area (Å²) in [7, 11) is -2.76. The minimum absolute atomic E-state index is 0.405. The molecule has 0 radical (unpaired) electrons. The van der Waals surface area contributed by atoms with E-state index < -0.39 is 32.7 Å². The van der Waals surface area contributed by atoms with Gasteiger partial charge in [0.25, 0.3) is 0 Å². The van der Waals surface area contributed by atoms with Crippen LogP contribution in [0.1, 0.15) is 24.2 Å². The third-order valence-corrected chi connectivity index (χ3v) is 5.42. The summed E-state index contributed by atoms with van der Waals surface area (Å²) in [6.45, 7) is 1.62. The molecule has 1 aromatic carbocycles. The largest absolute Gasteiger partial charge is 0.416 e. The number of hydrogen-bond donors (Lipinski definition) is 0. The van der Waals surface area contributed by atoms with Crippen LogP contribution < -0.4 is 0 Å². The number of pyridine rings is 1. The van der Waals surface area contributed by atoms with Crippen LogP contribution in [-0.2, 0) is 16.2 Å². The number of halogens is 3. The molecule has 8 heteroatoms. The fraction of sp³-hybridized carbons (Fsp3) is 0.267. The van der Waals surface area contributed by atoms with Crippen LogP contribution in [0.2, 0.25) is 0 Å². The lowest BCUT2D eigenvalue weighted by molar-refractivity contribution is -0.137. The minimum atomic E-state index is -4.60. The van der Waals surface area contributed by atoms with Crippen molar-refractivity contribution in [2.45, 2.75) is 24.0 Å². The molecule has 0 saturated heterocycles. The summed E-state index contributed by atoms with van der Waals surface area (Å²) in [5.74, 6) is 0. The van der Waals surface area contributed by atoms with Crippen LogP contribution in [-0.4, -0.2) is 24.8 Å². The summed E-state index contributed by atoms with van der Waals surface area (Å²) in [5.41, 5.74) is -0.497. The molecule has 1 atom stereocenters. The first kappa shape index (κ1) is 17.4. The minimum Gasteiger partial charge on any atom is -0.260 e. The molecular formula is C15H15F3N2O2S. The Balaban J connectivity index is 2.38. The summed E-state index contributed by atoms with van der Waals surface area (Å²) in [6.07, 6.45) is -3.08. The average molecular weight is 344 g/mol. The average Bonchev–Trinajstić information content (AvgIpc) is 2.53. The van der Waals surface area contributed by atoms with Gasteiger partial charge < -0.3 is 0 Å². The number of rotatable bonds is 4. The number of hydrogen-bond acceptors (Lipinski definition) is 3. The monoisotopic (exact) mass is 344 g/mol. The second kappa shape index (κ2) is 6.29. The highest BCUT2D eigenvalue weighted by Gasteiger charge is 2.33. The molecule has 2 aromatic rings. The SMILES string of the molecule is CC(c1ccccn1)N(C)S(=O)(=O)c1cccc(C(F)(F)F)c1. The summed E-state index contributed by atoms with van der Waals surface area (Å²) in [5, 5.41) is 0. The van der Waals surface area contributed by atoms with Crippen molar-refractivity contribution < 1.29 is 21.6 Å². The number of aromatic nitrogens is 1. The second-order valence-electron chi connectivity index (χ2n) is 4.98. The number of nitrogens with zero attached hydrogens (tertiary/aromatic N) is 2. The molecule has 0 fully saturated rings. The molecule has 1 unspecified atom stereocenters. The number of benzene rings is 1. The van der Waals surface area contributed by atoms with Crippen LogP contribution in [0, 0.1) is 0 Å². The Morgan fingerprint density at radius 3 is 2.39 bits per heavy atom. The quantitative estimate of drug-likeness (QED) is 0.853. The fourth-order valence-corrected chi connectivity index (χ4v) is 3.40. The molecule has 4 nitrogen and oxygen atoms in total. The van der Waals surface area contributed by atoms with Gasteiger partial charge in [0.15, 0.2) is 0 Å². The summed E-state index contributed by atoms with van der Waals surface area (Å²) in [6, 6.07) is 8.14. The first-order valence-corrected chi connectivity index (χ1v) is 8.14. The van der Waals surface area contributed by atoms with Crippen LogP contribution in [0.3, 0.4) is 0 Å². The van der Waals surface area contributed by atoms with E-state index in [4.69, 9.17) is 0 Å². The summed E-state index contributed by atoms with van der Waals surface area (Å²) < 4.78 is 64.4. The van der Waals surface area contributed by atoms with Gasteiger partial charge in [-0.1, -0.05) is 12.1 Å². The van der Waals surface area contributed by atoms with Crippen LogP contribution in [0.5, 0.6) is 0 Å². The van der Waals surface area contributed by atoms with Crippen molar-refractivity contribution in [3.8, 4) is 0 Å². The van der Waals surface area contributed by atoms with Crippen molar-refractivity contribution >= 4 is 10.0 Å². The molecule has 1 heterocycles. The van der Waals surface area contributed by atoms with E-state index in [0.29, 0.717) is 11.8 Å². The maximum Gasteiger partial charge on any atom is 0.416 e. The molecule has 0 aliphatic heterocycles. The van der Waals surface area contributed by atoms with Gasteiger partial charge in [-0.15, -0.1) is 0 Å². The van der Waals surface area contributed by atoms with Gasteiger partial charge in [0.05, 0.1) is 22.2 Å². The summed E-state index contributed by atoms with van der Waals surface area (Å²) >= 11 is 0. The van der Waals surface area contributed by atoms with Crippen molar-refractivity contribution in [3.05, 3.63) is 59.9 Å². The highest BCUT2D eigenvalue weighted by molar-refractivity contribution is 7.89. The van der Waals surface area contributed by atoms with E-state index in [-0.39, 0.29) is 0 Å².